The second kappa shape index (κ2) is 3.85. The molecule has 0 spiro atoms. The van der Waals surface area contributed by atoms with Crippen LogP contribution in [0.5, 0.6) is 0 Å². The Morgan fingerprint density at radius 2 is 2.44 bits per heavy atom. The van der Waals surface area contributed by atoms with Gasteiger partial charge in [0.15, 0.2) is 0 Å². The Morgan fingerprint density at radius 1 is 1.89 bits per heavy atom. The van der Waals surface area contributed by atoms with Crippen LogP contribution in [0, 0.1) is 0 Å². The van der Waals surface area contributed by atoms with Crippen molar-refractivity contribution in [1.29, 1.82) is 0 Å². The molecule has 0 unspecified atom stereocenters. The highest BCUT2D eigenvalue weighted by Crippen LogP contribution is 1.89. The zero-order valence-electron chi connectivity index (χ0n) is 4.65. The Hall–Kier alpha value is -1.10. The molecule has 9 heavy (non-hydrogen) atoms. The summed E-state index contributed by atoms with van der Waals surface area (Å²) in [7, 11) is 0. The predicted octanol–water partition coefficient (Wildman–Crippen LogP) is -0.936. The van der Waals surface area contributed by atoms with Gasteiger partial charge in [-0.25, -0.2) is 4.79 Å². The van der Waals surface area contributed by atoms with Gasteiger partial charge in [0, 0.05) is 6.72 Å². The third-order valence-electron chi connectivity index (χ3n) is 0.643. The van der Waals surface area contributed by atoms with Crippen LogP contribution in [-0.4, -0.2) is 35.6 Å². The molecule has 0 bridgehead atoms. The van der Waals surface area contributed by atoms with Crippen molar-refractivity contribution < 1.29 is 19.8 Å². The number of hydrogen-bond donors (Lipinski definition) is 2. The largest absolute Gasteiger partial charge is 0.478 e. The Balaban J connectivity index is 3.67. The molecule has 0 rings (SSSR count). The van der Waals surface area contributed by atoms with Crippen molar-refractivity contribution in [2.75, 3.05) is 6.61 Å². The highest BCUT2D eigenvalue weighted by atomic mass is 16.7. The van der Waals surface area contributed by atoms with Gasteiger partial charge < -0.3 is 15.1 Å². The van der Waals surface area contributed by atoms with E-state index in [-0.39, 0.29) is 0 Å². The fourth-order valence-electron chi connectivity index (χ4n) is 0.246. The Bertz CT molecular complexity index is 113. The van der Waals surface area contributed by atoms with E-state index in [9.17, 15) is 4.79 Å². The highest BCUT2D eigenvalue weighted by Gasteiger charge is 2.16. The number of carboxylic acid groups (broad SMARTS) is 1. The maximum atomic E-state index is 9.95. The Kier molecular flexibility index (Phi) is 3.38. The second-order valence-electron chi connectivity index (χ2n) is 1.24. The molecule has 5 nitrogen and oxygen atoms in total. The van der Waals surface area contributed by atoms with Gasteiger partial charge >= 0.3 is 5.97 Å². The van der Waals surface area contributed by atoms with Crippen LogP contribution in [0.25, 0.3) is 0 Å². The number of aliphatic hydroxyl groups is 1. The zero-order valence-corrected chi connectivity index (χ0v) is 4.65. The van der Waals surface area contributed by atoms with Gasteiger partial charge in [-0.15, -0.1) is 5.16 Å². The highest BCUT2D eigenvalue weighted by molar-refractivity contribution is 5.72. The predicted molar refractivity (Wildman–Crippen MR) is 29.1 cm³/mol. The molecule has 5 heteroatoms. The summed E-state index contributed by atoms with van der Waals surface area (Å²) in [4.78, 5) is 14.1. The van der Waals surface area contributed by atoms with E-state index in [1.807, 2.05) is 0 Å². The van der Waals surface area contributed by atoms with E-state index in [0.29, 0.717) is 0 Å². The maximum Gasteiger partial charge on any atom is 0.350 e. The van der Waals surface area contributed by atoms with Crippen molar-refractivity contribution in [3.05, 3.63) is 0 Å². The maximum absolute atomic E-state index is 9.95. The number of oxime groups is 1. The molecule has 0 amide bonds. The number of rotatable bonds is 4. The summed E-state index contributed by atoms with van der Waals surface area (Å²) in [6.07, 6.45) is -1.29. The topological polar surface area (TPSA) is 79.1 Å². The van der Waals surface area contributed by atoms with Gasteiger partial charge in [-0.2, -0.15) is 0 Å². The first-order valence-electron chi connectivity index (χ1n) is 2.18. The average Bonchev–Trinajstić information content (AvgIpc) is 1.82. The van der Waals surface area contributed by atoms with Gasteiger partial charge in [-0.05, 0) is 0 Å². The Morgan fingerprint density at radius 3 is 2.56 bits per heavy atom. The summed E-state index contributed by atoms with van der Waals surface area (Å²) in [5.74, 6) is -1.26. The molecule has 0 saturated heterocycles. The molecule has 0 aliphatic rings. The third-order valence-corrected chi connectivity index (χ3v) is 0.643. The molecule has 2 N–H and O–H groups in total. The van der Waals surface area contributed by atoms with E-state index in [1.165, 1.54) is 0 Å². The third kappa shape index (κ3) is 2.65. The second-order valence-corrected chi connectivity index (χ2v) is 1.24. The molecule has 0 aromatic heterocycles. The van der Waals surface area contributed by atoms with Crippen LogP contribution >= 0.6 is 0 Å². The standard InChI is InChI=1S/C4H7NO4/c1-5-9-3(2-6)4(7)8/h3,6H,1-2H2,(H,7,8)/t3-/m0/s1. The molecule has 0 aromatic carbocycles. The van der Waals surface area contributed by atoms with E-state index in [0.717, 1.165) is 0 Å². The van der Waals surface area contributed by atoms with Gasteiger partial charge in [0.2, 0.25) is 6.10 Å². The molecular weight excluding hydrogens is 126 g/mol. The minimum Gasteiger partial charge on any atom is -0.478 e. The summed E-state index contributed by atoms with van der Waals surface area (Å²) in [5, 5.41) is 19.2. The first-order valence-corrected chi connectivity index (χ1v) is 2.18. The summed E-state index contributed by atoms with van der Waals surface area (Å²) in [6, 6.07) is 0. The molecule has 0 aliphatic heterocycles. The van der Waals surface area contributed by atoms with E-state index in [4.69, 9.17) is 10.2 Å². The van der Waals surface area contributed by atoms with Gasteiger partial charge in [-0.1, -0.05) is 0 Å². The number of nitrogens with zero attached hydrogens (tertiary/aromatic N) is 1. The van der Waals surface area contributed by atoms with Crippen LogP contribution in [0.3, 0.4) is 0 Å². The summed E-state index contributed by atoms with van der Waals surface area (Å²) < 4.78 is 0. The van der Waals surface area contributed by atoms with Crippen molar-refractivity contribution in [3.63, 3.8) is 0 Å². The SMILES string of the molecule is C=NO[C@@H](CO)C(=O)O. The van der Waals surface area contributed by atoms with Gasteiger partial charge in [0.1, 0.15) is 0 Å². The molecular formula is C4H7NO4. The van der Waals surface area contributed by atoms with Gasteiger partial charge in [0.05, 0.1) is 6.61 Å². The smallest absolute Gasteiger partial charge is 0.350 e. The lowest BCUT2D eigenvalue weighted by Gasteiger charge is -2.03. The summed E-state index contributed by atoms with van der Waals surface area (Å²) in [5.41, 5.74) is 0. The van der Waals surface area contributed by atoms with Gasteiger partial charge in [0.25, 0.3) is 0 Å². The van der Waals surface area contributed by atoms with E-state index in [2.05, 4.69) is 16.7 Å². The lowest BCUT2D eigenvalue weighted by molar-refractivity contribution is -0.152. The van der Waals surface area contributed by atoms with E-state index < -0.39 is 18.7 Å². The number of aliphatic hydroxyl groups excluding tert-OH is 1. The molecule has 0 radical (unpaired) electrons. The van der Waals surface area contributed by atoms with E-state index >= 15 is 0 Å². The first-order chi connectivity index (χ1) is 4.22. The number of hydrogen-bond acceptors (Lipinski definition) is 4. The minimum atomic E-state index is -1.29. The molecule has 0 heterocycles. The van der Waals surface area contributed by atoms with Crippen LogP contribution in [0.4, 0.5) is 0 Å². The van der Waals surface area contributed by atoms with Crippen LogP contribution in [0.2, 0.25) is 0 Å². The fraction of sp³-hybridized carbons (Fsp3) is 0.500. The molecule has 1 atom stereocenters. The molecule has 0 saturated carbocycles. The fourth-order valence-corrected chi connectivity index (χ4v) is 0.246. The van der Waals surface area contributed by atoms with Crippen LogP contribution in [0.15, 0.2) is 5.16 Å². The van der Waals surface area contributed by atoms with Crippen LogP contribution in [-0.2, 0) is 9.63 Å². The lowest BCUT2D eigenvalue weighted by atomic mass is 10.4. The molecule has 0 aromatic rings. The first kappa shape index (κ1) is 7.90. The molecule has 0 fully saturated rings. The summed E-state index contributed by atoms with van der Waals surface area (Å²) >= 11 is 0. The quantitative estimate of drug-likeness (QED) is 0.383. The van der Waals surface area contributed by atoms with Crippen molar-refractivity contribution in [2.45, 2.75) is 6.10 Å². The van der Waals surface area contributed by atoms with Crippen molar-refractivity contribution in [2.24, 2.45) is 5.16 Å². The van der Waals surface area contributed by atoms with Crippen molar-refractivity contribution >= 4 is 12.7 Å². The number of carboxylic acids is 1. The van der Waals surface area contributed by atoms with E-state index in [1.54, 1.807) is 0 Å². The van der Waals surface area contributed by atoms with Crippen LogP contribution in [0.1, 0.15) is 0 Å². The number of carbonyl (C=O) groups is 1. The number of aliphatic carboxylic acids is 1. The normalized spacial score (nSPS) is 12.1. The monoisotopic (exact) mass is 133 g/mol. The van der Waals surface area contributed by atoms with Gasteiger partial charge in [-0.3, -0.25) is 0 Å². The summed E-state index contributed by atoms with van der Waals surface area (Å²) in [6.45, 7) is 2.28. The molecule has 52 valence electrons. The molecule has 0 aliphatic carbocycles. The lowest BCUT2D eigenvalue weighted by Crippen LogP contribution is -2.25. The Labute approximate surface area is 51.5 Å². The average molecular weight is 133 g/mol. The zero-order chi connectivity index (χ0) is 7.28. The van der Waals surface area contributed by atoms with Crippen molar-refractivity contribution in [3.8, 4) is 0 Å². The van der Waals surface area contributed by atoms with Crippen molar-refractivity contribution in [1.82, 2.24) is 0 Å². The minimum absolute atomic E-state index is 0.603. The van der Waals surface area contributed by atoms with Crippen LogP contribution < -0.4 is 0 Å².